The highest BCUT2D eigenvalue weighted by Crippen LogP contribution is 2.29. The molecule has 1 aromatic carbocycles. The van der Waals surface area contributed by atoms with Crippen LogP contribution in [0.1, 0.15) is 16.2 Å². The van der Waals surface area contributed by atoms with Crippen LogP contribution in [-0.4, -0.2) is 40.6 Å². The molecule has 0 bridgehead atoms. The highest BCUT2D eigenvalue weighted by atomic mass is 32.2. The highest BCUT2D eigenvalue weighted by Gasteiger charge is 2.23. The van der Waals surface area contributed by atoms with E-state index < -0.39 is 0 Å². The number of aromatic nitrogens is 3. The van der Waals surface area contributed by atoms with Gasteiger partial charge in [-0.1, -0.05) is 17.8 Å². The van der Waals surface area contributed by atoms with Gasteiger partial charge in [0.1, 0.15) is 0 Å². The minimum absolute atomic E-state index is 0.0175. The fourth-order valence-corrected chi connectivity index (χ4v) is 2.84. The van der Waals surface area contributed by atoms with Gasteiger partial charge in [-0.05, 0) is 17.7 Å². The lowest BCUT2D eigenvalue weighted by molar-refractivity contribution is 0.0923. The van der Waals surface area contributed by atoms with E-state index in [9.17, 15) is 4.79 Å². The third kappa shape index (κ3) is 2.24. The summed E-state index contributed by atoms with van der Waals surface area (Å²) >= 11 is 1.42. The van der Waals surface area contributed by atoms with Crippen LogP contribution in [0, 0.1) is 0 Å². The first-order valence-corrected chi connectivity index (χ1v) is 7.02. The number of benzene rings is 1. The van der Waals surface area contributed by atoms with Crippen LogP contribution in [0.5, 0.6) is 11.5 Å². The summed E-state index contributed by atoms with van der Waals surface area (Å²) < 4.78 is 11.8. The molecule has 1 aliphatic rings. The van der Waals surface area contributed by atoms with Crippen LogP contribution < -0.4 is 9.47 Å². The predicted octanol–water partition coefficient (Wildman–Crippen LogP) is 1.63. The number of carbonyl (C=O) groups excluding carboxylic acids is 1. The normalized spacial score (nSPS) is 13.4. The number of nitrogens with zero attached hydrogens (tertiary/aromatic N) is 3. The van der Waals surface area contributed by atoms with Gasteiger partial charge in [-0.25, -0.2) is 4.98 Å². The Balaban J connectivity index is 1.84. The van der Waals surface area contributed by atoms with Gasteiger partial charge < -0.3 is 9.47 Å². The van der Waals surface area contributed by atoms with Crippen molar-refractivity contribution in [2.24, 2.45) is 0 Å². The van der Waals surface area contributed by atoms with Crippen molar-refractivity contribution in [3.05, 3.63) is 29.6 Å². The van der Waals surface area contributed by atoms with Gasteiger partial charge in [-0.2, -0.15) is 4.68 Å². The Hall–Kier alpha value is -2.02. The molecule has 1 aromatic heterocycles. The van der Waals surface area contributed by atoms with Crippen molar-refractivity contribution in [1.29, 1.82) is 0 Å². The summed E-state index contributed by atoms with van der Waals surface area (Å²) in [6, 6.07) is 5.67. The van der Waals surface area contributed by atoms with Crippen molar-refractivity contribution in [3.63, 3.8) is 0 Å². The minimum Gasteiger partial charge on any atom is -0.493 e. The van der Waals surface area contributed by atoms with Crippen molar-refractivity contribution in [2.45, 2.75) is 11.6 Å². The Labute approximate surface area is 120 Å². The molecule has 7 heteroatoms. The van der Waals surface area contributed by atoms with Crippen LogP contribution in [0.25, 0.3) is 0 Å². The topological polar surface area (TPSA) is 66.2 Å². The van der Waals surface area contributed by atoms with E-state index in [0.717, 1.165) is 5.56 Å². The first kappa shape index (κ1) is 13.0. The van der Waals surface area contributed by atoms with Crippen molar-refractivity contribution >= 4 is 17.7 Å². The fourth-order valence-electron chi connectivity index (χ4n) is 2.03. The molecule has 1 aliphatic heterocycles. The predicted molar refractivity (Wildman–Crippen MR) is 73.7 cm³/mol. The summed E-state index contributed by atoms with van der Waals surface area (Å²) in [6.07, 6.45) is 0.550. The standard InChI is InChI=1S/C13H13N3O3S/c1-18-9-4-3-8(5-10(9)19-2)6-11-14-13-16(15-11)12(17)7-20-13/h3-5H,6-7H2,1-2H3. The molecule has 0 saturated heterocycles. The van der Waals surface area contributed by atoms with Gasteiger partial charge >= 0.3 is 0 Å². The van der Waals surface area contributed by atoms with Gasteiger partial charge in [0.05, 0.1) is 20.0 Å². The molecule has 0 unspecified atom stereocenters. The zero-order valence-corrected chi connectivity index (χ0v) is 11.9. The van der Waals surface area contributed by atoms with Crippen LogP contribution in [-0.2, 0) is 6.42 Å². The van der Waals surface area contributed by atoms with E-state index in [4.69, 9.17) is 9.47 Å². The zero-order valence-electron chi connectivity index (χ0n) is 11.1. The summed E-state index contributed by atoms with van der Waals surface area (Å²) in [6.45, 7) is 0. The number of rotatable bonds is 4. The molecule has 6 nitrogen and oxygen atoms in total. The number of hydrogen-bond acceptors (Lipinski definition) is 6. The van der Waals surface area contributed by atoms with Crippen molar-refractivity contribution in [1.82, 2.24) is 14.8 Å². The third-order valence-corrected chi connectivity index (χ3v) is 3.91. The first-order chi connectivity index (χ1) is 9.71. The quantitative estimate of drug-likeness (QED) is 0.853. The summed E-state index contributed by atoms with van der Waals surface area (Å²) in [5, 5.41) is 4.90. The molecule has 2 aromatic rings. The molecule has 0 amide bonds. The molecular weight excluding hydrogens is 278 g/mol. The molecular formula is C13H13N3O3S. The Morgan fingerprint density at radius 3 is 2.80 bits per heavy atom. The lowest BCUT2D eigenvalue weighted by Crippen LogP contribution is -2.09. The van der Waals surface area contributed by atoms with E-state index >= 15 is 0 Å². The van der Waals surface area contributed by atoms with Crippen LogP contribution >= 0.6 is 11.8 Å². The average Bonchev–Trinajstić information content (AvgIpc) is 3.01. The molecule has 20 heavy (non-hydrogen) atoms. The minimum atomic E-state index is -0.0175. The van der Waals surface area contributed by atoms with Gasteiger partial charge in [0.2, 0.25) is 0 Å². The zero-order chi connectivity index (χ0) is 14.1. The summed E-state index contributed by atoms with van der Waals surface area (Å²) in [5.74, 6) is 2.39. The second-order valence-corrected chi connectivity index (χ2v) is 5.21. The van der Waals surface area contributed by atoms with Crippen molar-refractivity contribution < 1.29 is 14.3 Å². The van der Waals surface area contributed by atoms with Gasteiger partial charge in [0, 0.05) is 6.42 Å². The Kier molecular flexibility index (Phi) is 3.35. The number of fused-ring (bicyclic) bond motifs is 1. The van der Waals surface area contributed by atoms with E-state index in [2.05, 4.69) is 10.1 Å². The largest absolute Gasteiger partial charge is 0.493 e. The molecule has 0 saturated carbocycles. The molecule has 2 heterocycles. The Morgan fingerprint density at radius 2 is 2.10 bits per heavy atom. The number of carbonyl (C=O) groups is 1. The van der Waals surface area contributed by atoms with Crippen LogP contribution in [0.2, 0.25) is 0 Å². The highest BCUT2D eigenvalue weighted by molar-refractivity contribution is 8.00. The monoisotopic (exact) mass is 291 g/mol. The van der Waals surface area contributed by atoms with E-state index in [0.29, 0.717) is 34.7 Å². The molecule has 0 atom stereocenters. The number of thioether (sulfide) groups is 1. The maximum atomic E-state index is 11.5. The number of methoxy groups -OCH3 is 2. The van der Waals surface area contributed by atoms with Gasteiger partial charge in [-0.3, -0.25) is 4.79 Å². The van der Waals surface area contributed by atoms with Crippen LogP contribution in [0.4, 0.5) is 0 Å². The number of ether oxygens (including phenoxy) is 2. The Morgan fingerprint density at radius 1 is 1.30 bits per heavy atom. The van der Waals surface area contributed by atoms with Gasteiger partial charge in [0.25, 0.3) is 5.91 Å². The molecule has 0 aliphatic carbocycles. The SMILES string of the molecule is COc1ccc(Cc2nc3n(n2)C(=O)CS3)cc1OC. The molecule has 104 valence electrons. The number of hydrogen-bond donors (Lipinski definition) is 0. The lowest BCUT2D eigenvalue weighted by atomic mass is 10.1. The van der Waals surface area contributed by atoms with Crippen LogP contribution in [0.3, 0.4) is 0 Å². The third-order valence-electron chi connectivity index (χ3n) is 2.99. The summed E-state index contributed by atoms with van der Waals surface area (Å²) in [4.78, 5) is 15.9. The smallest absolute Gasteiger partial charge is 0.259 e. The van der Waals surface area contributed by atoms with Gasteiger partial charge in [-0.15, -0.1) is 5.10 Å². The first-order valence-electron chi connectivity index (χ1n) is 6.04. The molecule has 0 spiro atoms. The van der Waals surface area contributed by atoms with E-state index in [1.54, 1.807) is 14.2 Å². The van der Waals surface area contributed by atoms with Gasteiger partial charge in [0.15, 0.2) is 22.5 Å². The fraction of sp³-hybridized carbons (Fsp3) is 0.308. The second-order valence-electron chi connectivity index (χ2n) is 4.27. The molecule has 3 rings (SSSR count). The molecule has 0 fully saturated rings. The maximum absolute atomic E-state index is 11.5. The Bertz CT molecular complexity index is 669. The van der Waals surface area contributed by atoms with Crippen molar-refractivity contribution in [2.75, 3.05) is 20.0 Å². The lowest BCUT2D eigenvalue weighted by Gasteiger charge is -2.08. The van der Waals surface area contributed by atoms with E-state index in [-0.39, 0.29) is 5.91 Å². The summed E-state index contributed by atoms with van der Waals surface area (Å²) in [5.41, 5.74) is 1.00. The molecule has 0 N–H and O–H groups in total. The summed E-state index contributed by atoms with van der Waals surface area (Å²) in [7, 11) is 3.20. The molecule has 0 radical (unpaired) electrons. The second kappa shape index (κ2) is 5.16. The van der Waals surface area contributed by atoms with E-state index in [1.807, 2.05) is 18.2 Å². The van der Waals surface area contributed by atoms with E-state index in [1.165, 1.54) is 16.4 Å². The van der Waals surface area contributed by atoms with Crippen molar-refractivity contribution in [3.8, 4) is 11.5 Å². The van der Waals surface area contributed by atoms with Crippen LogP contribution in [0.15, 0.2) is 23.4 Å². The average molecular weight is 291 g/mol. The maximum Gasteiger partial charge on any atom is 0.259 e.